The van der Waals surface area contributed by atoms with Crippen molar-refractivity contribution in [3.05, 3.63) is 0 Å². The molecule has 3 N–H and O–H groups in total. The minimum absolute atomic E-state index is 0.0613. The summed E-state index contributed by atoms with van der Waals surface area (Å²) in [5, 5.41) is 16.2. The average Bonchev–Trinajstić information content (AvgIpc) is 3.29. The fourth-order valence-corrected chi connectivity index (χ4v) is 6.13. The Morgan fingerprint density at radius 2 is 1.88 bits per heavy atom. The quantitative estimate of drug-likeness (QED) is 0.520. The number of hydrogen-bond acceptors (Lipinski definition) is 5. The maximum Gasteiger partial charge on any atom is 0.246 e. The molecule has 0 radical (unpaired) electrons. The Kier molecular flexibility index (Phi) is 6.71. The van der Waals surface area contributed by atoms with Crippen LogP contribution in [0, 0.1) is 17.8 Å². The van der Waals surface area contributed by atoms with E-state index in [1.807, 2.05) is 48.5 Å². The molecule has 2 unspecified atom stereocenters. The van der Waals surface area contributed by atoms with Crippen LogP contribution in [-0.2, 0) is 19.1 Å². The van der Waals surface area contributed by atoms with Crippen LogP contribution in [0.4, 0.5) is 0 Å². The van der Waals surface area contributed by atoms with Crippen LogP contribution in [0.15, 0.2) is 0 Å². The van der Waals surface area contributed by atoms with Gasteiger partial charge in [-0.05, 0) is 52.4 Å². The molecule has 1 spiro atoms. The van der Waals surface area contributed by atoms with E-state index in [1.54, 1.807) is 4.90 Å². The van der Waals surface area contributed by atoms with Crippen molar-refractivity contribution in [2.24, 2.45) is 17.8 Å². The van der Waals surface area contributed by atoms with Gasteiger partial charge in [0.25, 0.3) is 0 Å². The van der Waals surface area contributed by atoms with Crippen LogP contribution in [0.5, 0.6) is 0 Å². The fraction of sp³-hybridized carbons (Fsp3) is 0.875. The van der Waals surface area contributed by atoms with Crippen molar-refractivity contribution in [3.8, 4) is 0 Å². The van der Waals surface area contributed by atoms with E-state index in [0.717, 1.165) is 6.42 Å². The highest BCUT2D eigenvalue weighted by Crippen LogP contribution is 2.64. The Hall–Kier alpha value is -1.67. The number of carbonyl (C=O) groups excluding carboxylic acids is 3. The van der Waals surface area contributed by atoms with E-state index >= 15 is 0 Å². The van der Waals surface area contributed by atoms with Crippen molar-refractivity contribution < 1.29 is 24.2 Å². The van der Waals surface area contributed by atoms with Crippen LogP contribution in [-0.4, -0.2) is 69.7 Å². The Balaban J connectivity index is 2.12. The second kappa shape index (κ2) is 8.60. The Bertz CT molecular complexity index is 763. The maximum atomic E-state index is 14.0. The van der Waals surface area contributed by atoms with E-state index in [0.29, 0.717) is 25.8 Å². The number of fused-ring (bicyclic) bond motifs is 1. The first-order valence-corrected chi connectivity index (χ1v) is 12.1. The van der Waals surface area contributed by atoms with Crippen molar-refractivity contribution in [1.29, 1.82) is 0 Å². The number of nitrogens with zero attached hydrogens (tertiary/aromatic N) is 1. The van der Waals surface area contributed by atoms with Gasteiger partial charge in [0.05, 0.1) is 30.1 Å². The highest BCUT2D eigenvalue weighted by molar-refractivity contribution is 5.99. The predicted molar refractivity (Wildman–Crippen MR) is 121 cm³/mol. The molecule has 3 saturated heterocycles. The number of hydrogen-bond donors (Lipinski definition) is 3. The van der Waals surface area contributed by atoms with Crippen LogP contribution in [0.2, 0.25) is 0 Å². The minimum Gasteiger partial charge on any atom is -0.394 e. The number of likely N-dealkylation sites (tertiary alicyclic amines) is 1. The molecule has 0 aromatic heterocycles. The summed E-state index contributed by atoms with van der Waals surface area (Å²) in [6.07, 6.45) is 2.58. The van der Waals surface area contributed by atoms with Gasteiger partial charge in [0, 0.05) is 12.1 Å². The maximum absolute atomic E-state index is 14.0. The summed E-state index contributed by atoms with van der Waals surface area (Å²) in [7, 11) is 0. The zero-order valence-corrected chi connectivity index (χ0v) is 20.7. The number of aliphatic hydroxyl groups excluding tert-OH is 1. The first-order chi connectivity index (χ1) is 14.9. The molecular formula is C24H41N3O5. The molecule has 0 saturated carbocycles. The van der Waals surface area contributed by atoms with Crippen LogP contribution < -0.4 is 10.6 Å². The third kappa shape index (κ3) is 3.73. The summed E-state index contributed by atoms with van der Waals surface area (Å²) in [5.41, 5.74) is -2.29. The molecule has 6 atom stereocenters. The first-order valence-electron chi connectivity index (χ1n) is 12.1. The summed E-state index contributed by atoms with van der Waals surface area (Å²) in [5.74, 6) is -2.13. The lowest BCUT2D eigenvalue weighted by Gasteiger charge is -2.39. The van der Waals surface area contributed by atoms with Crippen LogP contribution >= 0.6 is 0 Å². The molecule has 8 heteroatoms. The normalized spacial score (nSPS) is 34.7. The van der Waals surface area contributed by atoms with Gasteiger partial charge in [-0.3, -0.25) is 14.4 Å². The molecule has 0 aliphatic carbocycles. The number of nitrogens with one attached hydrogen (secondary N) is 2. The van der Waals surface area contributed by atoms with Crippen molar-refractivity contribution >= 4 is 17.7 Å². The zero-order chi connectivity index (χ0) is 24.1. The lowest BCUT2D eigenvalue weighted by Crippen LogP contribution is -2.61. The average molecular weight is 452 g/mol. The zero-order valence-electron chi connectivity index (χ0n) is 20.7. The van der Waals surface area contributed by atoms with Gasteiger partial charge in [0.15, 0.2) is 0 Å². The molecule has 3 aliphatic heterocycles. The Labute approximate surface area is 191 Å². The highest BCUT2D eigenvalue weighted by atomic mass is 16.5. The number of amides is 3. The third-order valence-corrected chi connectivity index (χ3v) is 7.51. The van der Waals surface area contributed by atoms with Gasteiger partial charge in [-0.15, -0.1) is 0 Å². The van der Waals surface area contributed by atoms with E-state index < -0.39 is 40.7 Å². The molecule has 32 heavy (non-hydrogen) atoms. The second-order valence-corrected chi connectivity index (χ2v) is 11.1. The van der Waals surface area contributed by atoms with Crippen LogP contribution in [0.3, 0.4) is 0 Å². The van der Waals surface area contributed by atoms with E-state index in [1.165, 1.54) is 0 Å². The van der Waals surface area contributed by atoms with Gasteiger partial charge in [-0.25, -0.2) is 0 Å². The van der Waals surface area contributed by atoms with Gasteiger partial charge in [0.1, 0.15) is 11.6 Å². The minimum atomic E-state index is -1.06. The smallest absolute Gasteiger partial charge is 0.246 e. The summed E-state index contributed by atoms with van der Waals surface area (Å²) in [6, 6.07) is -1.41. The Morgan fingerprint density at radius 1 is 1.22 bits per heavy atom. The van der Waals surface area contributed by atoms with Gasteiger partial charge in [0.2, 0.25) is 17.7 Å². The van der Waals surface area contributed by atoms with Crippen LogP contribution in [0.25, 0.3) is 0 Å². The predicted octanol–water partition coefficient (Wildman–Crippen LogP) is 1.60. The van der Waals surface area contributed by atoms with Crippen molar-refractivity contribution in [2.75, 3.05) is 13.2 Å². The number of ether oxygens (including phenoxy) is 1. The molecule has 182 valence electrons. The van der Waals surface area contributed by atoms with Crippen molar-refractivity contribution in [2.45, 2.75) is 103 Å². The topological polar surface area (TPSA) is 108 Å². The fourth-order valence-electron chi connectivity index (χ4n) is 6.13. The molecule has 3 aliphatic rings. The number of rotatable bonds is 8. The van der Waals surface area contributed by atoms with Gasteiger partial charge < -0.3 is 25.4 Å². The van der Waals surface area contributed by atoms with E-state index in [4.69, 9.17) is 4.74 Å². The molecule has 2 bridgehead atoms. The molecular weight excluding hydrogens is 410 g/mol. The lowest BCUT2D eigenvalue weighted by molar-refractivity contribution is -0.152. The highest BCUT2D eigenvalue weighted by Gasteiger charge is 2.79. The largest absolute Gasteiger partial charge is 0.394 e. The van der Waals surface area contributed by atoms with Crippen LogP contribution in [0.1, 0.15) is 74.1 Å². The summed E-state index contributed by atoms with van der Waals surface area (Å²) in [4.78, 5) is 42.5. The van der Waals surface area contributed by atoms with Crippen molar-refractivity contribution in [3.63, 3.8) is 0 Å². The molecule has 8 nitrogen and oxygen atoms in total. The number of carbonyl (C=O) groups is 3. The monoisotopic (exact) mass is 451 g/mol. The van der Waals surface area contributed by atoms with Gasteiger partial charge in [-0.1, -0.05) is 27.7 Å². The molecule has 3 heterocycles. The molecule has 0 aromatic rings. The summed E-state index contributed by atoms with van der Waals surface area (Å²) >= 11 is 0. The SMILES string of the molecule is CCCNC(=O)[C@@H]1[C@H]2C(=O)N([C@@H](CO)C(C)C)C(C(=O)NC(C)(C)C)C23CC[C@@]1(CC)O3. The van der Waals surface area contributed by atoms with Crippen molar-refractivity contribution in [1.82, 2.24) is 15.5 Å². The molecule has 3 amide bonds. The second-order valence-electron chi connectivity index (χ2n) is 11.1. The van der Waals surface area contributed by atoms with E-state index in [9.17, 15) is 19.5 Å². The van der Waals surface area contributed by atoms with E-state index in [-0.39, 0.29) is 30.2 Å². The standard InChI is InChI=1S/C24H41N3O5/c1-8-12-25-19(29)16-17-21(31)27(15(13-28)14(3)4)18(20(30)26-22(5,6)7)24(17)11-10-23(16,9-2)32-24/h14-18,28H,8-13H2,1-7H3,(H,25,29)(H,26,30)/t15-,16-,17-,18?,23+,24?/m0/s1. The van der Waals surface area contributed by atoms with Gasteiger partial charge in [-0.2, -0.15) is 0 Å². The Morgan fingerprint density at radius 3 is 2.38 bits per heavy atom. The molecule has 3 rings (SSSR count). The molecule has 0 aromatic carbocycles. The summed E-state index contributed by atoms with van der Waals surface area (Å²) < 4.78 is 6.69. The van der Waals surface area contributed by atoms with E-state index in [2.05, 4.69) is 10.6 Å². The lowest BCUT2D eigenvalue weighted by atomic mass is 9.65. The first kappa shape index (κ1) is 25.0. The number of aliphatic hydroxyl groups is 1. The third-order valence-electron chi connectivity index (χ3n) is 7.51. The molecule has 3 fully saturated rings. The van der Waals surface area contributed by atoms with Gasteiger partial charge >= 0.3 is 0 Å². The summed E-state index contributed by atoms with van der Waals surface area (Å²) in [6.45, 7) is 13.8.